The van der Waals surface area contributed by atoms with Gasteiger partial charge in [0.1, 0.15) is 11.7 Å². The smallest absolute Gasteiger partial charge is 0.230 e. The molecule has 1 fully saturated rings. The van der Waals surface area contributed by atoms with Crippen LogP contribution >= 0.6 is 11.3 Å². The number of thiazole rings is 1. The minimum absolute atomic E-state index is 0.147. The molecule has 1 saturated carbocycles. The minimum Gasteiger partial charge on any atom is -0.508 e. The van der Waals surface area contributed by atoms with E-state index in [1.165, 1.54) is 11.3 Å². The number of ketones is 2. The summed E-state index contributed by atoms with van der Waals surface area (Å²) in [6, 6.07) is 3.20. The molecule has 1 heterocycles. The number of benzene rings is 1. The van der Waals surface area contributed by atoms with Crippen molar-refractivity contribution >= 4 is 39.6 Å². The summed E-state index contributed by atoms with van der Waals surface area (Å²) in [6.45, 7) is 3.64. The van der Waals surface area contributed by atoms with E-state index in [1.807, 2.05) is 12.3 Å². The number of aliphatic hydroxyl groups excluding tert-OH is 3. The monoisotopic (exact) mass is 529 g/mol. The number of aryl methyl sites for hydroxylation is 1. The number of primary amides is 1. The number of nitrogens with two attached hydrogens (primary N) is 1. The van der Waals surface area contributed by atoms with Gasteiger partial charge in [0.15, 0.2) is 28.0 Å². The lowest BCUT2D eigenvalue weighted by Crippen LogP contribution is -2.67. The Bertz CT molecular complexity index is 1370. The fourth-order valence-corrected chi connectivity index (χ4v) is 6.85. The van der Waals surface area contributed by atoms with Crippen molar-refractivity contribution in [1.82, 2.24) is 4.98 Å². The Kier molecular flexibility index (Phi) is 5.90. The molecule has 1 aromatic carbocycles. The first-order valence-corrected chi connectivity index (χ1v) is 12.8. The lowest BCUT2D eigenvalue weighted by atomic mass is 9.54. The maximum atomic E-state index is 13.7. The highest BCUT2D eigenvalue weighted by molar-refractivity contribution is 7.13. The van der Waals surface area contributed by atoms with Crippen molar-refractivity contribution < 1.29 is 39.9 Å². The summed E-state index contributed by atoms with van der Waals surface area (Å²) >= 11 is 1.32. The fraction of sp³-hybridized carbons (Fsp3) is 0.440. The molecule has 0 saturated heterocycles. The number of amides is 1. The van der Waals surface area contributed by atoms with Gasteiger partial charge in [-0.1, -0.05) is 19.9 Å². The molecule has 37 heavy (non-hydrogen) atoms. The number of carbonyl (C=O) groups excluding carboxylic acids is 3. The highest BCUT2D eigenvalue weighted by Crippen LogP contribution is 2.55. The van der Waals surface area contributed by atoms with E-state index in [4.69, 9.17) is 5.73 Å². The average Bonchev–Trinajstić information content (AvgIpc) is 3.30. The van der Waals surface area contributed by atoms with Crippen LogP contribution in [0.5, 0.6) is 5.75 Å². The second-order valence-corrected chi connectivity index (χ2v) is 10.7. The summed E-state index contributed by atoms with van der Waals surface area (Å²) < 4.78 is 0. The number of phenolic OH excluding ortho intramolecular Hbond substituents is 1. The molecule has 3 aliphatic carbocycles. The standard InChI is InChI=1S/C25H27N3O8S/c1-3-9-7-37-24(27-9)28-12-5-4-10-8(2)14-17(20(32)15(10)19(12)31)22(34)25(36)11(18(14)30)6-13(29)16(21(25)33)23(26)35/h4-5,7-8,11,13-14,16,18,29-31,34,36H,3,6H2,1-2H3,(H2,26,35)(H,27,28)/t8-,11+,13?,14+,16?,18+,25+/m0/s1. The topological polar surface area (TPSA) is 203 Å². The molecule has 8 N–H and O–H groups in total. The van der Waals surface area contributed by atoms with Gasteiger partial charge in [-0.05, 0) is 30.4 Å². The number of nitrogens with zero attached hydrogens (tertiary/aromatic N) is 1. The molecule has 1 amide bonds. The van der Waals surface area contributed by atoms with Crippen molar-refractivity contribution in [3.8, 4) is 5.75 Å². The normalized spacial score (nSPS) is 33.0. The number of aromatic hydroxyl groups is 1. The zero-order chi connectivity index (χ0) is 27.0. The van der Waals surface area contributed by atoms with E-state index in [0.29, 0.717) is 10.7 Å². The summed E-state index contributed by atoms with van der Waals surface area (Å²) in [5, 5.41) is 60.7. The minimum atomic E-state index is -2.81. The van der Waals surface area contributed by atoms with E-state index in [-0.39, 0.29) is 11.3 Å². The molecule has 5 rings (SSSR count). The lowest BCUT2D eigenvalue weighted by Gasteiger charge is -2.52. The van der Waals surface area contributed by atoms with Gasteiger partial charge in [0, 0.05) is 22.8 Å². The lowest BCUT2D eigenvalue weighted by molar-refractivity contribution is -0.179. The summed E-state index contributed by atoms with van der Waals surface area (Å²) in [7, 11) is 0. The van der Waals surface area contributed by atoms with Crippen molar-refractivity contribution in [2.24, 2.45) is 23.5 Å². The van der Waals surface area contributed by atoms with E-state index < -0.39 is 82.5 Å². The average molecular weight is 530 g/mol. The largest absolute Gasteiger partial charge is 0.508 e. The number of phenols is 1. The Morgan fingerprint density at radius 2 is 1.97 bits per heavy atom. The van der Waals surface area contributed by atoms with Gasteiger partial charge in [-0.25, -0.2) is 4.98 Å². The van der Waals surface area contributed by atoms with Crippen molar-refractivity contribution in [3.63, 3.8) is 0 Å². The van der Waals surface area contributed by atoms with Crippen molar-refractivity contribution in [2.45, 2.75) is 50.4 Å². The summed E-state index contributed by atoms with van der Waals surface area (Å²) in [6.07, 6.45) is -2.78. The molecule has 2 aromatic rings. The van der Waals surface area contributed by atoms with E-state index in [1.54, 1.807) is 19.1 Å². The fourth-order valence-electron chi connectivity index (χ4n) is 6.04. The number of rotatable bonds is 4. The predicted octanol–water partition coefficient (Wildman–Crippen LogP) is 1.04. The van der Waals surface area contributed by atoms with Gasteiger partial charge in [-0.3, -0.25) is 14.4 Å². The molecule has 12 heteroatoms. The van der Waals surface area contributed by atoms with Crippen molar-refractivity contribution in [3.05, 3.63) is 45.7 Å². The van der Waals surface area contributed by atoms with Crippen LogP contribution in [-0.4, -0.2) is 65.8 Å². The number of hydrogen-bond donors (Lipinski definition) is 7. The number of aromatic nitrogens is 1. The Labute approximate surface area is 215 Å². The number of carbonyl (C=O) groups is 3. The van der Waals surface area contributed by atoms with Crippen LogP contribution in [0, 0.1) is 17.8 Å². The Balaban J connectivity index is 1.64. The molecule has 1 aromatic heterocycles. The van der Waals surface area contributed by atoms with Crippen LogP contribution < -0.4 is 11.1 Å². The zero-order valence-electron chi connectivity index (χ0n) is 20.0. The van der Waals surface area contributed by atoms with Gasteiger partial charge in [0.05, 0.1) is 29.2 Å². The molecule has 11 nitrogen and oxygen atoms in total. The van der Waals surface area contributed by atoms with E-state index in [0.717, 1.165) is 12.1 Å². The quantitative estimate of drug-likeness (QED) is 0.221. The van der Waals surface area contributed by atoms with E-state index >= 15 is 0 Å². The maximum absolute atomic E-state index is 13.7. The van der Waals surface area contributed by atoms with Crippen LogP contribution in [0.4, 0.5) is 10.8 Å². The van der Waals surface area contributed by atoms with Crippen LogP contribution in [-0.2, 0) is 16.0 Å². The number of aliphatic hydroxyl groups is 4. The first-order chi connectivity index (χ1) is 17.4. The molecule has 0 radical (unpaired) electrons. The Morgan fingerprint density at radius 3 is 2.59 bits per heavy atom. The molecule has 0 aliphatic heterocycles. The molecular formula is C25H27N3O8S. The van der Waals surface area contributed by atoms with Crippen LogP contribution in [0.15, 0.2) is 28.8 Å². The highest BCUT2D eigenvalue weighted by Gasteiger charge is 2.66. The number of anilines is 2. The molecule has 3 aliphatic rings. The van der Waals surface area contributed by atoms with Gasteiger partial charge in [0.2, 0.25) is 5.91 Å². The molecule has 0 spiro atoms. The number of hydrogen-bond acceptors (Lipinski definition) is 11. The third-order valence-corrected chi connectivity index (χ3v) is 8.78. The van der Waals surface area contributed by atoms with Crippen molar-refractivity contribution in [1.29, 1.82) is 0 Å². The molecule has 2 unspecified atom stereocenters. The van der Waals surface area contributed by atoms with Crippen LogP contribution in [0.3, 0.4) is 0 Å². The first-order valence-electron chi connectivity index (χ1n) is 11.9. The third kappa shape index (κ3) is 3.43. The van der Waals surface area contributed by atoms with Gasteiger partial charge in [0.25, 0.3) is 0 Å². The van der Waals surface area contributed by atoms with Crippen LogP contribution in [0.2, 0.25) is 0 Å². The second-order valence-electron chi connectivity index (χ2n) is 9.87. The summed E-state index contributed by atoms with van der Waals surface area (Å²) in [4.78, 5) is 43.1. The predicted molar refractivity (Wildman–Crippen MR) is 132 cm³/mol. The molecule has 0 bridgehead atoms. The van der Waals surface area contributed by atoms with Crippen molar-refractivity contribution in [2.75, 3.05) is 5.32 Å². The maximum Gasteiger partial charge on any atom is 0.230 e. The Morgan fingerprint density at radius 1 is 1.27 bits per heavy atom. The number of nitrogens with one attached hydrogen (secondary N) is 1. The van der Waals surface area contributed by atoms with Crippen LogP contribution in [0.1, 0.15) is 47.8 Å². The van der Waals surface area contributed by atoms with E-state index in [9.17, 15) is 39.9 Å². The van der Waals surface area contributed by atoms with E-state index in [2.05, 4.69) is 10.3 Å². The van der Waals surface area contributed by atoms with Gasteiger partial charge in [-0.2, -0.15) is 0 Å². The van der Waals surface area contributed by atoms with Gasteiger partial charge in [-0.15, -0.1) is 11.3 Å². The van der Waals surface area contributed by atoms with Crippen LogP contribution in [0.25, 0.3) is 0 Å². The number of Topliss-reactive ketones (excluding diaryl/α,β-unsaturated/α-hetero) is 2. The summed E-state index contributed by atoms with van der Waals surface area (Å²) in [5.41, 5.74) is 3.33. The third-order valence-electron chi connectivity index (χ3n) is 7.98. The highest BCUT2D eigenvalue weighted by atomic mass is 32.1. The number of fused-ring (bicyclic) bond motifs is 3. The zero-order valence-corrected chi connectivity index (χ0v) is 20.8. The Hall–Kier alpha value is -3.32. The molecule has 7 atom stereocenters. The van der Waals surface area contributed by atoms with Gasteiger partial charge >= 0.3 is 0 Å². The molecular weight excluding hydrogens is 502 g/mol. The summed E-state index contributed by atoms with van der Waals surface area (Å²) in [5.74, 6) is -9.65. The van der Waals surface area contributed by atoms with Gasteiger partial charge < -0.3 is 36.6 Å². The SMILES string of the molecule is CCc1csc(Nc2ccc3c(c2O)C(=O)C2=C(O)[C@]4(O)C(=O)C(C(N)=O)C(O)C[C@@H]4[C@@H](O)[C@@H]2[C@H]3C)n1. The second kappa shape index (κ2) is 8.62. The molecule has 196 valence electrons. The first kappa shape index (κ1) is 25.3.